The number of methoxy groups -OCH3 is 1. The Hall–Kier alpha value is -1.79. The van der Waals surface area contributed by atoms with Crippen LogP contribution in [0.25, 0.3) is 0 Å². The zero-order chi connectivity index (χ0) is 15.4. The Bertz CT molecular complexity index is 548. The molecule has 0 aliphatic carbocycles. The molecule has 1 heterocycles. The molecule has 0 radical (unpaired) electrons. The van der Waals surface area contributed by atoms with Crippen LogP contribution >= 0.6 is 11.6 Å². The number of hydrogen-bond acceptors (Lipinski definition) is 4. The predicted octanol–water partition coefficient (Wildman–Crippen LogP) is 1.66. The van der Waals surface area contributed by atoms with Crippen LogP contribution < -0.4 is 4.74 Å². The lowest BCUT2D eigenvalue weighted by atomic mass is 10.1. The molecule has 1 aliphatic heterocycles. The first-order valence-electron chi connectivity index (χ1n) is 6.47. The van der Waals surface area contributed by atoms with Crippen molar-refractivity contribution in [2.75, 3.05) is 26.8 Å². The highest BCUT2D eigenvalue weighted by molar-refractivity contribution is 6.31. The van der Waals surface area contributed by atoms with Gasteiger partial charge in [-0.05, 0) is 18.2 Å². The molecule has 1 aromatic rings. The number of aliphatic carboxylic acids is 1. The summed E-state index contributed by atoms with van der Waals surface area (Å²) < 4.78 is 10.5. The van der Waals surface area contributed by atoms with E-state index in [0.29, 0.717) is 29.5 Å². The number of morpholine rings is 1. The number of carbonyl (C=O) groups excluding carboxylic acids is 1. The van der Waals surface area contributed by atoms with Crippen LogP contribution in [-0.2, 0) is 9.53 Å². The van der Waals surface area contributed by atoms with Crippen LogP contribution in [0.4, 0.5) is 0 Å². The molecule has 1 fully saturated rings. The molecule has 0 unspecified atom stereocenters. The third-order valence-corrected chi connectivity index (χ3v) is 3.46. The van der Waals surface area contributed by atoms with E-state index in [1.54, 1.807) is 23.1 Å². The van der Waals surface area contributed by atoms with E-state index in [1.165, 1.54) is 7.11 Å². The third kappa shape index (κ3) is 3.86. The molecule has 1 amide bonds. The maximum Gasteiger partial charge on any atom is 0.306 e. The summed E-state index contributed by atoms with van der Waals surface area (Å²) in [5.74, 6) is -0.756. The Labute approximate surface area is 127 Å². The summed E-state index contributed by atoms with van der Waals surface area (Å²) in [5, 5.41) is 9.24. The van der Waals surface area contributed by atoms with Crippen LogP contribution in [0.15, 0.2) is 18.2 Å². The van der Waals surface area contributed by atoms with E-state index < -0.39 is 12.1 Å². The quantitative estimate of drug-likeness (QED) is 0.915. The molecule has 2 rings (SSSR count). The highest BCUT2D eigenvalue weighted by Crippen LogP contribution is 2.25. The van der Waals surface area contributed by atoms with Gasteiger partial charge in [0, 0.05) is 18.1 Å². The van der Waals surface area contributed by atoms with Gasteiger partial charge in [-0.1, -0.05) is 11.6 Å². The van der Waals surface area contributed by atoms with Crippen LogP contribution in [0.3, 0.4) is 0 Å². The highest BCUT2D eigenvalue weighted by atomic mass is 35.5. The number of nitrogens with zero attached hydrogens (tertiary/aromatic N) is 1. The van der Waals surface area contributed by atoms with E-state index in [4.69, 9.17) is 26.2 Å². The van der Waals surface area contributed by atoms with Gasteiger partial charge < -0.3 is 19.5 Å². The van der Waals surface area contributed by atoms with Gasteiger partial charge in [0.05, 0.1) is 31.8 Å². The first-order chi connectivity index (χ1) is 10.0. The van der Waals surface area contributed by atoms with Crippen molar-refractivity contribution in [2.45, 2.75) is 12.5 Å². The molecule has 6 nitrogen and oxygen atoms in total. The summed E-state index contributed by atoms with van der Waals surface area (Å²) in [6.45, 7) is 0.956. The van der Waals surface area contributed by atoms with Gasteiger partial charge in [-0.2, -0.15) is 0 Å². The van der Waals surface area contributed by atoms with E-state index in [9.17, 15) is 9.59 Å². The largest absolute Gasteiger partial charge is 0.496 e. The number of hydrogen-bond donors (Lipinski definition) is 1. The second-order valence-corrected chi connectivity index (χ2v) is 5.12. The topological polar surface area (TPSA) is 76.1 Å². The Morgan fingerprint density at radius 3 is 2.95 bits per heavy atom. The fourth-order valence-corrected chi connectivity index (χ4v) is 2.41. The molecule has 1 atom stereocenters. The molecule has 0 bridgehead atoms. The van der Waals surface area contributed by atoms with E-state index in [-0.39, 0.29) is 18.9 Å². The normalized spacial score (nSPS) is 18.4. The minimum Gasteiger partial charge on any atom is -0.496 e. The second-order valence-electron chi connectivity index (χ2n) is 4.69. The number of carboxylic acid groups (broad SMARTS) is 1. The average molecular weight is 314 g/mol. The zero-order valence-electron chi connectivity index (χ0n) is 11.5. The summed E-state index contributed by atoms with van der Waals surface area (Å²) in [5.41, 5.74) is 0.362. The van der Waals surface area contributed by atoms with Crippen molar-refractivity contribution in [2.24, 2.45) is 0 Å². The van der Waals surface area contributed by atoms with Crippen molar-refractivity contribution in [1.29, 1.82) is 0 Å². The van der Waals surface area contributed by atoms with Crippen LogP contribution in [-0.4, -0.2) is 54.8 Å². The Morgan fingerprint density at radius 1 is 1.52 bits per heavy atom. The molecule has 1 saturated heterocycles. The predicted molar refractivity (Wildman–Crippen MR) is 75.9 cm³/mol. The molecular weight excluding hydrogens is 298 g/mol. The molecule has 0 spiro atoms. The van der Waals surface area contributed by atoms with E-state index in [0.717, 1.165) is 0 Å². The van der Waals surface area contributed by atoms with Crippen molar-refractivity contribution < 1.29 is 24.2 Å². The van der Waals surface area contributed by atoms with Crippen LogP contribution in [0, 0.1) is 0 Å². The van der Waals surface area contributed by atoms with Gasteiger partial charge in [-0.3, -0.25) is 9.59 Å². The molecule has 0 saturated carbocycles. The number of amides is 1. The second kappa shape index (κ2) is 6.78. The number of carbonyl (C=O) groups is 2. The molecule has 0 aromatic heterocycles. The lowest BCUT2D eigenvalue weighted by Crippen LogP contribution is -2.46. The van der Waals surface area contributed by atoms with Crippen LogP contribution in [0.2, 0.25) is 5.02 Å². The van der Waals surface area contributed by atoms with Gasteiger partial charge in [-0.15, -0.1) is 0 Å². The lowest BCUT2D eigenvalue weighted by molar-refractivity contribution is -0.141. The molecular formula is C14H16ClNO5. The molecule has 1 N–H and O–H groups in total. The molecule has 114 valence electrons. The number of halogens is 1. The summed E-state index contributed by atoms with van der Waals surface area (Å²) >= 11 is 5.93. The van der Waals surface area contributed by atoms with Crippen LogP contribution in [0.5, 0.6) is 5.75 Å². The number of carboxylic acids is 1. The maximum atomic E-state index is 12.5. The fraction of sp³-hybridized carbons (Fsp3) is 0.429. The van der Waals surface area contributed by atoms with Crippen molar-refractivity contribution in [1.82, 2.24) is 4.90 Å². The third-order valence-electron chi connectivity index (χ3n) is 3.22. The van der Waals surface area contributed by atoms with E-state index in [1.807, 2.05) is 0 Å². The number of benzene rings is 1. The summed E-state index contributed by atoms with van der Waals surface area (Å²) in [6, 6.07) is 4.82. The average Bonchev–Trinajstić information content (AvgIpc) is 2.46. The van der Waals surface area contributed by atoms with Crippen molar-refractivity contribution in [3.05, 3.63) is 28.8 Å². The van der Waals surface area contributed by atoms with E-state index in [2.05, 4.69) is 0 Å². The van der Waals surface area contributed by atoms with Gasteiger partial charge in [0.15, 0.2) is 0 Å². The van der Waals surface area contributed by atoms with Crippen molar-refractivity contribution in [3.8, 4) is 5.75 Å². The number of rotatable bonds is 4. The lowest BCUT2D eigenvalue weighted by Gasteiger charge is -2.32. The standard InChI is InChI=1S/C14H16ClNO5/c1-20-12-3-2-9(15)6-11(12)14(19)16-4-5-21-10(8-16)7-13(17)18/h2-3,6,10H,4-5,7-8H2,1H3,(H,17,18)/t10-/m0/s1. The summed E-state index contributed by atoms with van der Waals surface area (Å²) in [4.78, 5) is 24.8. The van der Waals surface area contributed by atoms with Gasteiger partial charge >= 0.3 is 5.97 Å². The maximum absolute atomic E-state index is 12.5. The first-order valence-corrected chi connectivity index (χ1v) is 6.85. The Morgan fingerprint density at radius 2 is 2.29 bits per heavy atom. The molecule has 1 aliphatic rings. The number of ether oxygens (including phenoxy) is 2. The van der Waals surface area contributed by atoms with Gasteiger partial charge in [0.25, 0.3) is 5.91 Å². The summed E-state index contributed by atoms with van der Waals surface area (Å²) in [6.07, 6.45) is -0.624. The summed E-state index contributed by atoms with van der Waals surface area (Å²) in [7, 11) is 1.48. The Kier molecular flexibility index (Phi) is 5.03. The molecule has 21 heavy (non-hydrogen) atoms. The molecule has 7 heteroatoms. The monoisotopic (exact) mass is 313 g/mol. The van der Waals surface area contributed by atoms with Gasteiger partial charge in [0.2, 0.25) is 0 Å². The van der Waals surface area contributed by atoms with E-state index >= 15 is 0 Å². The Balaban J connectivity index is 2.15. The van der Waals surface area contributed by atoms with Crippen LogP contribution in [0.1, 0.15) is 16.8 Å². The zero-order valence-corrected chi connectivity index (χ0v) is 12.3. The highest BCUT2D eigenvalue weighted by Gasteiger charge is 2.28. The first kappa shape index (κ1) is 15.6. The fourth-order valence-electron chi connectivity index (χ4n) is 2.24. The van der Waals surface area contributed by atoms with Crippen molar-refractivity contribution in [3.63, 3.8) is 0 Å². The van der Waals surface area contributed by atoms with Gasteiger partial charge in [0.1, 0.15) is 5.75 Å². The smallest absolute Gasteiger partial charge is 0.306 e. The SMILES string of the molecule is COc1ccc(Cl)cc1C(=O)N1CCO[C@@H](CC(=O)O)C1. The molecule has 1 aromatic carbocycles. The van der Waals surface area contributed by atoms with Gasteiger partial charge in [-0.25, -0.2) is 0 Å². The van der Waals surface area contributed by atoms with Crippen molar-refractivity contribution >= 4 is 23.5 Å². The minimum absolute atomic E-state index is 0.129. The minimum atomic E-state index is -0.949.